The Labute approximate surface area is 488 Å². The van der Waals surface area contributed by atoms with E-state index in [4.69, 9.17) is 14.2 Å². The van der Waals surface area contributed by atoms with Crippen LogP contribution >= 0.6 is 0 Å². The van der Waals surface area contributed by atoms with Crippen LogP contribution in [0, 0.1) is 0 Å². The molecule has 0 amide bonds. The van der Waals surface area contributed by atoms with Crippen LogP contribution in [0.2, 0.25) is 0 Å². The quantitative estimate of drug-likeness (QED) is 0.0261. The second-order valence-corrected chi connectivity index (χ2v) is 21.6. The summed E-state index contributed by atoms with van der Waals surface area (Å²) >= 11 is 0. The van der Waals surface area contributed by atoms with E-state index in [0.717, 1.165) is 161 Å². The largest absolute Gasteiger partial charge is 0.462 e. The SMILES string of the molecule is CC/C=C\C/C=C\C/C=C\C/C=C\CCCCCCCCCCCCCCCCCCCCC(=O)OCC(COC(=O)CCCCCCC/C=C\C/C=C\C/C=C\CC)OC(=O)CCCCCCC/C=C\C/C=C\C/C=C\CC. The van der Waals surface area contributed by atoms with Crippen molar-refractivity contribution in [3.8, 4) is 0 Å². The number of carbonyl (C=O) groups excluding carboxylic acids is 3. The fraction of sp³-hybridized carbons (Fsp3) is 0.685. The molecule has 0 aliphatic rings. The summed E-state index contributed by atoms with van der Waals surface area (Å²) in [5, 5.41) is 0. The molecule has 1 unspecified atom stereocenters. The summed E-state index contributed by atoms with van der Waals surface area (Å²) in [5.41, 5.74) is 0. The molecule has 0 bridgehead atoms. The van der Waals surface area contributed by atoms with E-state index in [1.165, 1.54) is 103 Å². The monoisotopic (exact) mass is 1090 g/mol. The van der Waals surface area contributed by atoms with Gasteiger partial charge < -0.3 is 14.2 Å². The summed E-state index contributed by atoms with van der Waals surface area (Å²) in [6.07, 6.45) is 92.2. The summed E-state index contributed by atoms with van der Waals surface area (Å²) in [4.78, 5) is 38.3. The smallest absolute Gasteiger partial charge is 0.306 e. The van der Waals surface area contributed by atoms with E-state index in [-0.39, 0.29) is 31.1 Å². The van der Waals surface area contributed by atoms with Gasteiger partial charge in [-0.25, -0.2) is 0 Å². The molecule has 79 heavy (non-hydrogen) atoms. The molecule has 0 saturated heterocycles. The van der Waals surface area contributed by atoms with Gasteiger partial charge in [-0.05, 0) is 122 Å². The van der Waals surface area contributed by atoms with Crippen LogP contribution < -0.4 is 0 Å². The van der Waals surface area contributed by atoms with Gasteiger partial charge >= 0.3 is 17.9 Å². The van der Waals surface area contributed by atoms with E-state index in [1.807, 2.05) is 0 Å². The number of rotatable bonds is 59. The van der Waals surface area contributed by atoms with E-state index in [2.05, 4.69) is 142 Å². The van der Waals surface area contributed by atoms with E-state index in [1.54, 1.807) is 0 Å². The van der Waals surface area contributed by atoms with Crippen molar-refractivity contribution in [2.24, 2.45) is 0 Å². The van der Waals surface area contributed by atoms with Gasteiger partial charge in [0.2, 0.25) is 0 Å². The molecule has 0 rings (SSSR count). The van der Waals surface area contributed by atoms with Crippen LogP contribution in [-0.4, -0.2) is 37.2 Å². The predicted molar refractivity (Wildman–Crippen MR) is 343 cm³/mol. The maximum absolute atomic E-state index is 12.9. The number of unbranched alkanes of at least 4 members (excludes halogenated alkanes) is 28. The number of carbonyl (C=O) groups is 3. The first-order chi connectivity index (χ1) is 39.0. The van der Waals surface area contributed by atoms with Crippen LogP contribution in [0.1, 0.15) is 303 Å². The minimum atomic E-state index is -0.797. The predicted octanol–water partition coefficient (Wildman–Crippen LogP) is 22.8. The molecule has 0 fully saturated rings. The molecule has 0 spiro atoms. The van der Waals surface area contributed by atoms with Gasteiger partial charge in [0.05, 0.1) is 0 Å². The van der Waals surface area contributed by atoms with E-state index >= 15 is 0 Å². The molecule has 0 N–H and O–H groups in total. The second kappa shape index (κ2) is 66.3. The Morgan fingerprint density at radius 1 is 0.253 bits per heavy atom. The summed E-state index contributed by atoms with van der Waals surface area (Å²) in [5.74, 6) is -0.918. The molecule has 0 aromatic rings. The molecular weight excluding hydrogens is 973 g/mol. The molecule has 0 aliphatic heterocycles. The highest BCUT2D eigenvalue weighted by molar-refractivity contribution is 5.71. The lowest BCUT2D eigenvalue weighted by Gasteiger charge is -2.18. The molecule has 0 heterocycles. The molecule has 0 saturated carbocycles. The Morgan fingerprint density at radius 3 is 0.709 bits per heavy atom. The highest BCUT2D eigenvalue weighted by atomic mass is 16.6. The van der Waals surface area contributed by atoms with Crippen molar-refractivity contribution >= 4 is 17.9 Å². The van der Waals surface area contributed by atoms with Crippen LogP contribution in [0.4, 0.5) is 0 Å². The summed E-state index contributed by atoms with van der Waals surface area (Å²) in [6, 6.07) is 0. The topological polar surface area (TPSA) is 78.9 Å². The highest BCUT2D eigenvalue weighted by Gasteiger charge is 2.19. The third-order valence-corrected chi connectivity index (χ3v) is 13.9. The Hall–Kier alpha value is -4.19. The zero-order valence-electron chi connectivity index (χ0n) is 51.6. The Morgan fingerprint density at radius 2 is 0.456 bits per heavy atom. The van der Waals surface area contributed by atoms with Crippen LogP contribution in [0.3, 0.4) is 0 Å². The average molecular weight is 1100 g/mol. The van der Waals surface area contributed by atoms with E-state index < -0.39 is 6.10 Å². The fourth-order valence-corrected chi connectivity index (χ4v) is 9.11. The lowest BCUT2D eigenvalue weighted by atomic mass is 10.0. The normalized spacial score (nSPS) is 12.9. The van der Waals surface area contributed by atoms with Crippen LogP contribution in [-0.2, 0) is 28.6 Å². The van der Waals surface area contributed by atoms with Crippen LogP contribution in [0.25, 0.3) is 0 Å². The third kappa shape index (κ3) is 64.5. The zero-order valence-corrected chi connectivity index (χ0v) is 51.6. The fourth-order valence-electron chi connectivity index (χ4n) is 9.11. The highest BCUT2D eigenvalue weighted by Crippen LogP contribution is 2.17. The Balaban J connectivity index is 4.23. The van der Waals surface area contributed by atoms with Gasteiger partial charge in [0.1, 0.15) is 13.2 Å². The minimum Gasteiger partial charge on any atom is -0.462 e. The van der Waals surface area contributed by atoms with Crippen molar-refractivity contribution in [2.45, 2.75) is 309 Å². The van der Waals surface area contributed by atoms with Gasteiger partial charge in [0.25, 0.3) is 0 Å². The number of hydrogen-bond donors (Lipinski definition) is 0. The van der Waals surface area contributed by atoms with Crippen molar-refractivity contribution in [3.63, 3.8) is 0 Å². The minimum absolute atomic E-state index is 0.0906. The Kier molecular flexibility index (Phi) is 62.8. The first-order valence-electron chi connectivity index (χ1n) is 33.0. The van der Waals surface area contributed by atoms with Gasteiger partial charge in [0, 0.05) is 19.3 Å². The van der Waals surface area contributed by atoms with Gasteiger partial charge in [-0.15, -0.1) is 0 Å². The molecule has 450 valence electrons. The third-order valence-electron chi connectivity index (χ3n) is 13.9. The number of ether oxygens (including phenoxy) is 3. The zero-order chi connectivity index (χ0) is 57.1. The first kappa shape index (κ1) is 74.8. The summed E-state index contributed by atoms with van der Waals surface area (Å²) < 4.78 is 16.9. The van der Waals surface area contributed by atoms with Crippen LogP contribution in [0.5, 0.6) is 0 Å². The first-order valence-corrected chi connectivity index (χ1v) is 33.0. The molecule has 0 aromatic carbocycles. The van der Waals surface area contributed by atoms with Crippen molar-refractivity contribution < 1.29 is 28.6 Å². The van der Waals surface area contributed by atoms with Crippen molar-refractivity contribution in [1.82, 2.24) is 0 Å². The van der Waals surface area contributed by atoms with E-state index in [9.17, 15) is 14.4 Å². The molecule has 1 atom stereocenters. The van der Waals surface area contributed by atoms with E-state index in [0.29, 0.717) is 19.3 Å². The molecule has 0 radical (unpaired) electrons. The van der Waals surface area contributed by atoms with Gasteiger partial charge in [-0.3, -0.25) is 14.4 Å². The molecular formula is C73H122O6. The number of esters is 3. The lowest BCUT2D eigenvalue weighted by Crippen LogP contribution is -2.30. The maximum Gasteiger partial charge on any atom is 0.306 e. The maximum atomic E-state index is 12.9. The standard InChI is InChI=1S/C73H122O6/c1-4-7-10-13-16-19-22-25-28-29-30-31-32-33-34-35-36-37-38-39-40-41-42-43-46-48-51-54-57-60-63-66-72(75)78-69-70(79-73(76)67-64-61-58-55-52-49-45-27-24-21-18-15-12-9-6-3)68-77-71(74)65-62-59-56-53-50-47-44-26-23-20-17-14-11-8-5-2/h7-12,16-21,25-28,30-31,44-45,70H,4-6,13-15,22-24,29,32-43,46-69H2,1-3H3/b10-7-,11-8-,12-9-,19-16-,20-17-,21-18-,28-25-,31-30-,44-26-,45-27-. The Bertz CT molecular complexity index is 1640. The lowest BCUT2D eigenvalue weighted by molar-refractivity contribution is -0.167. The van der Waals surface area contributed by atoms with Crippen molar-refractivity contribution in [1.29, 1.82) is 0 Å². The molecule has 6 heteroatoms. The van der Waals surface area contributed by atoms with Gasteiger partial charge in [0.15, 0.2) is 6.10 Å². The van der Waals surface area contributed by atoms with Crippen LogP contribution in [0.15, 0.2) is 122 Å². The number of hydrogen-bond acceptors (Lipinski definition) is 6. The van der Waals surface area contributed by atoms with Gasteiger partial charge in [-0.2, -0.15) is 0 Å². The summed E-state index contributed by atoms with van der Waals surface area (Å²) in [7, 11) is 0. The summed E-state index contributed by atoms with van der Waals surface area (Å²) in [6.45, 7) is 6.29. The average Bonchev–Trinajstić information content (AvgIpc) is 3.45. The molecule has 0 aromatic heterocycles. The van der Waals surface area contributed by atoms with Gasteiger partial charge in [-0.1, -0.05) is 284 Å². The number of allylic oxidation sites excluding steroid dienone is 20. The molecule has 6 nitrogen and oxygen atoms in total. The molecule has 0 aliphatic carbocycles. The second-order valence-electron chi connectivity index (χ2n) is 21.6. The van der Waals surface area contributed by atoms with Crippen molar-refractivity contribution in [2.75, 3.05) is 13.2 Å². The van der Waals surface area contributed by atoms with Crippen molar-refractivity contribution in [3.05, 3.63) is 122 Å².